The van der Waals surface area contributed by atoms with Crippen molar-refractivity contribution in [3.8, 4) is 5.75 Å². The van der Waals surface area contributed by atoms with Crippen LogP contribution in [0.4, 0.5) is 13.2 Å². The molecular weight excluding hydrogens is 263 g/mol. The van der Waals surface area contributed by atoms with E-state index in [0.29, 0.717) is 0 Å². The number of phenols is 1. The van der Waals surface area contributed by atoms with E-state index in [-0.39, 0.29) is 11.3 Å². The van der Waals surface area contributed by atoms with E-state index in [1.165, 1.54) is 0 Å². The summed E-state index contributed by atoms with van der Waals surface area (Å²) in [6.45, 7) is 0.873. The molecule has 1 aromatic carbocycles. The molecule has 0 amide bonds. The van der Waals surface area contributed by atoms with Crippen molar-refractivity contribution >= 4 is 11.6 Å². The van der Waals surface area contributed by atoms with Crippen LogP contribution in [0, 0.1) is 0 Å². The molecule has 0 saturated heterocycles. The number of rotatable bonds is 4. The van der Waals surface area contributed by atoms with Gasteiger partial charge in [-0.05, 0) is 38.2 Å². The summed E-state index contributed by atoms with van der Waals surface area (Å²) in [6, 6.07) is 4.61. The maximum atomic E-state index is 12.5. The fourth-order valence-corrected chi connectivity index (χ4v) is 1.52. The van der Waals surface area contributed by atoms with E-state index in [1.54, 1.807) is 0 Å². The molecule has 0 aliphatic rings. The van der Waals surface area contributed by atoms with Gasteiger partial charge in [-0.1, -0.05) is 0 Å². The van der Waals surface area contributed by atoms with E-state index in [2.05, 4.69) is 5.32 Å². The molecule has 1 atom stereocenters. The highest BCUT2D eigenvalue weighted by atomic mass is 19.4. The third-order valence-electron chi connectivity index (χ3n) is 2.80. The zero-order valence-electron chi connectivity index (χ0n) is 10.2. The molecule has 0 spiro atoms. The van der Waals surface area contributed by atoms with Gasteiger partial charge in [0.25, 0.3) is 5.78 Å². The first kappa shape index (κ1) is 15.2. The predicted octanol–water partition coefficient (Wildman–Crippen LogP) is 1.68. The lowest BCUT2D eigenvalue weighted by Crippen LogP contribution is -2.58. The second-order valence-electron chi connectivity index (χ2n) is 4.08. The number of nitrogens with one attached hydrogen (secondary N) is 1. The summed E-state index contributed by atoms with van der Waals surface area (Å²) in [5.74, 6) is -3.32. The van der Waals surface area contributed by atoms with E-state index in [1.807, 2.05) is 0 Å². The van der Waals surface area contributed by atoms with E-state index in [0.717, 1.165) is 38.2 Å². The minimum atomic E-state index is -5.12. The van der Waals surface area contributed by atoms with Crippen molar-refractivity contribution in [3.05, 3.63) is 29.8 Å². The van der Waals surface area contributed by atoms with Gasteiger partial charge in [-0.2, -0.15) is 13.2 Å². The van der Waals surface area contributed by atoms with Gasteiger partial charge in [-0.25, -0.2) is 0 Å². The highest BCUT2D eigenvalue weighted by Crippen LogP contribution is 2.26. The Bertz CT molecular complexity index is 496. The van der Waals surface area contributed by atoms with Gasteiger partial charge in [0.05, 0.1) is 0 Å². The van der Waals surface area contributed by atoms with Crippen LogP contribution in [0.15, 0.2) is 24.3 Å². The number of carbonyl (C=O) groups excluding carboxylic acids is 2. The van der Waals surface area contributed by atoms with Gasteiger partial charge in [-0.3, -0.25) is 9.59 Å². The Morgan fingerprint density at radius 1 is 1.16 bits per heavy atom. The zero-order valence-corrected chi connectivity index (χ0v) is 10.2. The largest absolute Gasteiger partial charge is 0.508 e. The van der Waals surface area contributed by atoms with Gasteiger partial charge >= 0.3 is 6.18 Å². The van der Waals surface area contributed by atoms with Crippen molar-refractivity contribution in [1.29, 1.82) is 0 Å². The lowest BCUT2D eigenvalue weighted by molar-refractivity contribution is -0.175. The number of alkyl halides is 3. The Hall–Kier alpha value is -1.89. The highest BCUT2D eigenvalue weighted by Gasteiger charge is 2.53. The van der Waals surface area contributed by atoms with Crippen LogP contribution in [0.5, 0.6) is 5.75 Å². The van der Waals surface area contributed by atoms with E-state index < -0.39 is 23.3 Å². The van der Waals surface area contributed by atoms with Crippen LogP contribution < -0.4 is 5.32 Å². The lowest BCUT2D eigenvalue weighted by Gasteiger charge is -2.26. The number of phenolic OH excluding ortho intramolecular Hbond substituents is 1. The summed E-state index contributed by atoms with van der Waals surface area (Å²) < 4.78 is 37.5. The summed E-state index contributed by atoms with van der Waals surface area (Å²) in [4.78, 5) is 23.4. The second-order valence-corrected chi connectivity index (χ2v) is 4.08. The molecule has 19 heavy (non-hydrogen) atoms. The molecule has 1 aromatic rings. The number of hydrogen-bond acceptors (Lipinski definition) is 4. The molecule has 0 aliphatic carbocycles. The second kappa shape index (κ2) is 5.00. The monoisotopic (exact) mass is 275 g/mol. The number of Topliss-reactive ketones (excluding diaryl/α,β-unsaturated/α-hetero) is 2. The van der Waals surface area contributed by atoms with Crippen LogP contribution in [0.25, 0.3) is 0 Å². The van der Waals surface area contributed by atoms with Crippen LogP contribution >= 0.6 is 0 Å². The minimum Gasteiger partial charge on any atom is -0.508 e. The zero-order chi connectivity index (χ0) is 14.8. The Kier molecular flexibility index (Phi) is 4.00. The molecule has 0 fully saturated rings. The average molecular weight is 275 g/mol. The average Bonchev–Trinajstić information content (AvgIpc) is 2.36. The van der Waals surface area contributed by atoms with E-state index in [9.17, 15) is 22.8 Å². The Balaban J connectivity index is 3.19. The van der Waals surface area contributed by atoms with Gasteiger partial charge in [0, 0.05) is 5.56 Å². The predicted molar refractivity (Wildman–Crippen MR) is 61.0 cm³/mol. The summed E-state index contributed by atoms with van der Waals surface area (Å²) in [6.07, 6.45) is -5.12. The summed E-state index contributed by atoms with van der Waals surface area (Å²) in [5, 5.41) is 11.2. The number of halogens is 3. The van der Waals surface area contributed by atoms with Gasteiger partial charge in [0.2, 0.25) is 0 Å². The molecule has 4 nitrogen and oxygen atoms in total. The van der Waals surface area contributed by atoms with Crippen molar-refractivity contribution in [1.82, 2.24) is 5.32 Å². The molecule has 104 valence electrons. The number of ketones is 2. The smallest absolute Gasteiger partial charge is 0.452 e. The van der Waals surface area contributed by atoms with Crippen molar-refractivity contribution in [2.24, 2.45) is 0 Å². The van der Waals surface area contributed by atoms with Crippen molar-refractivity contribution in [3.63, 3.8) is 0 Å². The molecule has 0 saturated carbocycles. The van der Waals surface area contributed by atoms with E-state index in [4.69, 9.17) is 5.11 Å². The van der Waals surface area contributed by atoms with Crippen LogP contribution in [0.2, 0.25) is 0 Å². The molecule has 7 heteroatoms. The lowest BCUT2D eigenvalue weighted by atomic mass is 9.86. The number of aromatic hydroxyl groups is 1. The normalized spacial score (nSPS) is 14.8. The molecule has 0 bridgehead atoms. The van der Waals surface area contributed by atoms with Gasteiger partial charge < -0.3 is 10.4 Å². The topological polar surface area (TPSA) is 66.4 Å². The number of hydrogen-bond donors (Lipinski definition) is 2. The summed E-state index contributed by atoms with van der Waals surface area (Å²) in [5.41, 5.74) is -2.50. The van der Waals surface area contributed by atoms with Crippen LogP contribution in [-0.4, -0.2) is 35.4 Å². The molecule has 0 aliphatic heterocycles. The van der Waals surface area contributed by atoms with Crippen LogP contribution in [0.1, 0.15) is 17.3 Å². The number of likely N-dealkylation sites (N-methyl/N-ethyl adjacent to an activating group) is 1. The third-order valence-corrected chi connectivity index (χ3v) is 2.80. The van der Waals surface area contributed by atoms with Crippen molar-refractivity contribution in [2.75, 3.05) is 7.05 Å². The number of carbonyl (C=O) groups is 2. The van der Waals surface area contributed by atoms with Crippen molar-refractivity contribution in [2.45, 2.75) is 18.6 Å². The molecular formula is C12H12F3NO3. The van der Waals surface area contributed by atoms with Gasteiger partial charge in [0.15, 0.2) is 5.78 Å². The standard InChI is InChI=1S/C12H12F3NO3/c1-11(16-2,10(19)12(13,14)15)9(18)7-3-5-8(17)6-4-7/h3-6,16-17H,1-2H3. The molecule has 0 heterocycles. The Labute approximate surface area is 107 Å². The highest BCUT2D eigenvalue weighted by molar-refractivity contribution is 6.19. The third kappa shape index (κ3) is 2.93. The van der Waals surface area contributed by atoms with Gasteiger partial charge in [-0.15, -0.1) is 0 Å². The Morgan fingerprint density at radius 3 is 2.00 bits per heavy atom. The van der Waals surface area contributed by atoms with Crippen molar-refractivity contribution < 1.29 is 27.9 Å². The fraction of sp³-hybridized carbons (Fsp3) is 0.333. The Morgan fingerprint density at radius 2 is 1.63 bits per heavy atom. The SMILES string of the molecule is CNC(C)(C(=O)c1ccc(O)cc1)C(=O)C(F)(F)F. The number of benzene rings is 1. The molecule has 1 unspecified atom stereocenters. The quantitative estimate of drug-likeness (QED) is 0.648. The van der Waals surface area contributed by atoms with Crippen LogP contribution in [-0.2, 0) is 4.79 Å². The van der Waals surface area contributed by atoms with Gasteiger partial charge in [0.1, 0.15) is 11.3 Å². The summed E-state index contributed by atoms with van der Waals surface area (Å²) >= 11 is 0. The molecule has 2 N–H and O–H groups in total. The minimum absolute atomic E-state index is 0.104. The maximum Gasteiger partial charge on any atom is 0.452 e. The van der Waals surface area contributed by atoms with E-state index >= 15 is 0 Å². The first-order valence-corrected chi connectivity index (χ1v) is 5.27. The maximum absolute atomic E-state index is 12.5. The first-order valence-electron chi connectivity index (χ1n) is 5.27. The molecule has 0 aromatic heterocycles. The fourth-order valence-electron chi connectivity index (χ4n) is 1.52. The first-order chi connectivity index (χ1) is 8.63. The molecule has 0 radical (unpaired) electrons. The molecule has 1 rings (SSSR count). The van der Waals surface area contributed by atoms with Crippen LogP contribution in [0.3, 0.4) is 0 Å². The summed E-state index contributed by atoms with van der Waals surface area (Å²) in [7, 11) is 1.10.